The number of hydrazone groups is 1. The van der Waals surface area contributed by atoms with Crippen LogP contribution >= 0.6 is 0 Å². The molecule has 0 heterocycles. The van der Waals surface area contributed by atoms with Crippen molar-refractivity contribution in [3.05, 3.63) is 65.7 Å². The minimum Gasteiger partial charge on any atom is -0.496 e. The van der Waals surface area contributed by atoms with Gasteiger partial charge in [-0.25, -0.2) is 5.43 Å². The summed E-state index contributed by atoms with van der Waals surface area (Å²) in [5, 5.41) is 13.7. The first-order valence-corrected chi connectivity index (χ1v) is 6.41. The van der Waals surface area contributed by atoms with Crippen LogP contribution in [0.3, 0.4) is 0 Å². The number of rotatable bonds is 5. The Morgan fingerprint density at radius 3 is 2.57 bits per heavy atom. The van der Waals surface area contributed by atoms with E-state index in [4.69, 9.17) is 4.74 Å². The van der Waals surface area contributed by atoms with Crippen LogP contribution < -0.4 is 10.2 Å². The number of para-hydroxylation sites is 1. The number of aliphatic hydroxyl groups excluding tert-OH is 1. The van der Waals surface area contributed by atoms with Crippen molar-refractivity contribution in [2.24, 2.45) is 5.10 Å². The highest BCUT2D eigenvalue weighted by molar-refractivity contribution is 5.86. The van der Waals surface area contributed by atoms with E-state index in [-0.39, 0.29) is 0 Å². The Balaban J connectivity index is 1.99. The van der Waals surface area contributed by atoms with Gasteiger partial charge in [0, 0.05) is 5.56 Å². The summed E-state index contributed by atoms with van der Waals surface area (Å²) in [6.45, 7) is 0. The minimum atomic E-state index is -1.25. The Labute approximate surface area is 122 Å². The molecule has 21 heavy (non-hydrogen) atoms. The third-order valence-corrected chi connectivity index (χ3v) is 2.88. The number of carbonyl (C=O) groups is 1. The van der Waals surface area contributed by atoms with Crippen LogP contribution in [0.25, 0.3) is 0 Å². The molecule has 2 rings (SSSR count). The molecule has 2 aromatic carbocycles. The van der Waals surface area contributed by atoms with Gasteiger partial charge in [0.05, 0.1) is 13.3 Å². The molecule has 0 saturated carbocycles. The summed E-state index contributed by atoms with van der Waals surface area (Å²) in [6.07, 6.45) is 0.218. The van der Waals surface area contributed by atoms with Crippen molar-refractivity contribution in [1.29, 1.82) is 0 Å². The summed E-state index contributed by atoms with van der Waals surface area (Å²) in [6, 6.07) is 16.0. The molecule has 0 aliphatic carbocycles. The summed E-state index contributed by atoms with van der Waals surface area (Å²) < 4.78 is 5.17. The average Bonchev–Trinajstić information content (AvgIpc) is 2.55. The van der Waals surface area contributed by atoms with Crippen LogP contribution in [0, 0.1) is 0 Å². The van der Waals surface area contributed by atoms with E-state index in [1.54, 1.807) is 37.4 Å². The summed E-state index contributed by atoms with van der Waals surface area (Å²) in [4.78, 5) is 11.8. The van der Waals surface area contributed by atoms with Crippen LogP contribution in [0.4, 0.5) is 0 Å². The Bertz CT molecular complexity index is 626. The Morgan fingerprint density at radius 1 is 1.19 bits per heavy atom. The lowest BCUT2D eigenvalue weighted by atomic mass is 10.1. The normalized spacial score (nSPS) is 12.1. The molecule has 0 aromatic heterocycles. The largest absolute Gasteiger partial charge is 0.496 e. The van der Waals surface area contributed by atoms with E-state index in [1.807, 2.05) is 24.3 Å². The molecule has 1 unspecified atom stereocenters. The van der Waals surface area contributed by atoms with Crippen molar-refractivity contribution < 1.29 is 14.6 Å². The van der Waals surface area contributed by atoms with Gasteiger partial charge in [-0.1, -0.05) is 42.5 Å². The summed E-state index contributed by atoms with van der Waals surface area (Å²) in [5.74, 6) is 0.0615. The number of nitrogens with one attached hydrogen (secondary N) is 1. The van der Waals surface area contributed by atoms with Gasteiger partial charge in [-0.2, -0.15) is 5.10 Å². The lowest BCUT2D eigenvalue weighted by Gasteiger charge is -2.08. The maximum absolute atomic E-state index is 11.8. The van der Waals surface area contributed by atoms with Gasteiger partial charge in [-0.15, -0.1) is 0 Å². The van der Waals surface area contributed by atoms with E-state index in [0.29, 0.717) is 11.3 Å². The summed E-state index contributed by atoms with van der Waals surface area (Å²) in [7, 11) is 1.56. The molecule has 2 aromatic rings. The van der Waals surface area contributed by atoms with Crippen molar-refractivity contribution in [3.8, 4) is 5.75 Å². The van der Waals surface area contributed by atoms with Gasteiger partial charge in [0.15, 0.2) is 6.10 Å². The zero-order chi connectivity index (χ0) is 15.1. The second-order valence-corrected chi connectivity index (χ2v) is 4.29. The fraction of sp³-hybridized carbons (Fsp3) is 0.125. The van der Waals surface area contributed by atoms with Gasteiger partial charge >= 0.3 is 0 Å². The number of amides is 1. The third kappa shape index (κ3) is 3.90. The molecule has 1 amide bonds. The lowest BCUT2D eigenvalue weighted by Crippen LogP contribution is -2.25. The monoisotopic (exact) mass is 284 g/mol. The van der Waals surface area contributed by atoms with Crippen molar-refractivity contribution >= 4 is 12.1 Å². The minimum absolute atomic E-state index is 0.516. The summed E-state index contributed by atoms with van der Waals surface area (Å²) in [5.41, 5.74) is 3.55. The highest BCUT2D eigenvalue weighted by Gasteiger charge is 2.15. The first kappa shape index (κ1) is 14.7. The molecule has 0 radical (unpaired) electrons. The third-order valence-electron chi connectivity index (χ3n) is 2.88. The van der Waals surface area contributed by atoms with Gasteiger partial charge in [-0.3, -0.25) is 4.79 Å². The molecule has 108 valence electrons. The zero-order valence-corrected chi connectivity index (χ0v) is 11.6. The van der Waals surface area contributed by atoms with E-state index < -0.39 is 12.0 Å². The highest BCUT2D eigenvalue weighted by atomic mass is 16.5. The molecule has 2 N–H and O–H groups in total. The molecule has 1 atom stereocenters. The van der Waals surface area contributed by atoms with Crippen LogP contribution in [-0.4, -0.2) is 24.3 Å². The number of carbonyl (C=O) groups excluding carboxylic acids is 1. The first-order chi connectivity index (χ1) is 10.2. The van der Waals surface area contributed by atoms with Crippen molar-refractivity contribution in [1.82, 2.24) is 5.43 Å². The molecule has 0 saturated heterocycles. The molecule has 0 fully saturated rings. The molecule has 5 heteroatoms. The topological polar surface area (TPSA) is 70.9 Å². The molecule has 0 aliphatic rings. The highest BCUT2D eigenvalue weighted by Crippen LogP contribution is 2.15. The number of aliphatic hydroxyl groups is 1. The van der Waals surface area contributed by atoms with E-state index in [0.717, 1.165) is 5.56 Å². The number of methoxy groups -OCH3 is 1. The Hall–Kier alpha value is -2.66. The number of benzene rings is 2. The maximum atomic E-state index is 11.8. The molecule has 5 nitrogen and oxygen atoms in total. The zero-order valence-electron chi connectivity index (χ0n) is 11.6. The van der Waals surface area contributed by atoms with Gasteiger partial charge in [-0.05, 0) is 17.7 Å². The molecule has 0 bridgehead atoms. The maximum Gasteiger partial charge on any atom is 0.273 e. The molecular weight excluding hydrogens is 268 g/mol. The van der Waals surface area contributed by atoms with Crippen LogP contribution in [0.1, 0.15) is 17.2 Å². The van der Waals surface area contributed by atoms with Gasteiger partial charge < -0.3 is 9.84 Å². The Kier molecular flexibility index (Phi) is 5.06. The van der Waals surface area contributed by atoms with E-state index in [1.165, 1.54) is 6.21 Å². The van der Waals surface area contributed by atoms with Crippen molar-refractivity contribution in [2.75, 3.05) is 7.11 Å². The van der Waals surface area contributed by atoms with Crippen LogP contribution in [0.2, 0.25) is 0 Å². The molecular formula is C16H16N2O3. The van der Waals surface area contributed by atoms with E-state index in [9.17, 15) is 9.90 Å². The van der Waals surface area contributed by atoms with Gasteiger partial charge in [0.2, 0.25) is 0 Å². The number of ether oxygens (including phenoxy) is 1. The SMILES string of the molecule is COc1ccccc1/C=N/NC(=O)C(O)c1ccccc1. The van der Waals surface area contributed by atoms with E-state index in [2.05, 4.69) is 10.5 Å². The van der Waals surface area contributed by atoms with Crippen molar-refractivity contribution in [3.63, 3.8) is 0 Å². The van der Waals surface area contributed by atoms with Gasteiger partial charge in [0.1, 0.15) is 5.75 Å². The average molecular weight is 284 g/mol. The Morgan fingerprint density at radius 2 is 1.86 bits per heavy atom. The first-order valence-electron chi connectivity index (χ1n) is 6.41. The lowest BCUT2D eigenvalue weighted by molar-refractivity contribution is -0.129. The predicted octanol–water partition coefficient (Wildman–Crippen LogP) is 1.88. The predicted molar refractivity (Wildman–Crippen MR) is 80.1 cm³/mol. The second-order valence-electron chi connectivity index (χ2n) is 4.29. The molecule has 0 aliphatic heterocycles. The molecule has 0 spiro atoms. The van der Waals surface area contributed by atoms with E-state index >= 15 is 0 Å². The van der Waals surface area contributed by atoms with Crippen LogP contribution in [0.5, 0.6) is 5.75 Å². The van der Waals surface area contributed by atoms with Crippen molar-refractivity contribution in [2.45, 2.75) is 6.10 Å². The second kappa shape index (κ2) is 7.21. The number of hydrogen-bond acceptors (Lipinski definition) is 4. The number of hydrogen-bond donors (Lipinski definition) is 2. The number of nitrogens with zero attached hydrogens (tertiary/aromatic N) is 1. The fourth-order valence-electron chi connectivity index (χ4n) is 1.79. The van der Waals surface area contributed by atoms with Crippen LogP contribution in [0.15, 0.2) is 59.7 Å². The quantitative estimate of drug-likeness (QED) is 0.650. The van der Waals surface area contributed by atoms with Gasteiger partial charge in [0.25, 0.3) is 5.91 Å². The summed E-state index contributed by atoms with van der Waals surface area (Å²) >= 11 is 0. The smallest absolute Gasteiger partial charge is 0.273 e. The fourth-order valence-corrected chi connectivity index (χ4v) is 1.79. The van der Waals surface area contributed by atoms with Crippen LogP contribution in [-0.2, 0) is 4.79 Å². The standard InChI is InChI=1S/C16H16N2O3/c1-21-14-10-6-5-9-13(14)11-17-18-16(20)15(19)12-7-3-2-4-8-12/h2-11,15,19H,1H3,(H,18,20)/b17-11+.